The van der Waals surface area contributed by atoms with Gasteiger partial charge in [0.25, 0.3) is 0 Å². The molecule has 0 aromatic carbocycles. The molecule has 2 N–H and O–H groups in total. The number of guanidine groups is 1. The first-order valence-corrected chi connectivity index (χ1v) is 7.29. The van der Waals surface area contributed by atoms with Crippen molar-refractivity contribution in [2.75, 3.05) is 42.6 Å². The maximum Gasteiger partial charge on any atom is 0.191 e. The lowest BCUT2D eigenvalue weighted by molar-refractivity contribution is 0.456. The van der Waals surface area contributed by atoms with Crippen LogP contribution in [-0.4, -0.2) is 53.5 Å². The van der Waals surface area contributed by atoms with Gasteiger partial charge in [-0.1, -0.05) is 5.92 Å². The summed E-state index contributed by atoms with van der Waals surface area (Å²) in [5, 5.41) is 0. The van der Waals surface area contributed by atoms with Gasteiger partial charge in [-0.3, -0.25) is 4.99 Å². The SMILES string of the molecule is C#CCSCCN=C(N)N1CCSCC1.I. The van der Waals surface area contributed by atoms with Crippen LogP contribution in [0, 0.1) is 12.3 Å². The summed E-state index contributed by atoms with van der Waals surface area (Å²) in [4.78, 5) is 6.50. The van der Waals surface area contributed by atoms with Gasteiger partial charge in [-0.25, -0.2) is 0 Å². The second kappa shape index (κ2) is 10.4. The van der Waals surface area contributed by atoms with Gasteiger partial charge in [0.05, 0.1) is 12.3 Å². The summed E-state index contributed by atoms with van der Waals surface area (Å²) in [7, 11) is 0. The minimum atomic E-state index is 0. The second-order valence-electron chi connectivity index (χ2n) is 3.10. The fourth-order valence-electron chi connectivity index (χ4n) is 1.25. The lowest BCUT2D eigenvalue weighted by Crippen LogP contribution is -2.42. The Morgan fingerprint density at radius 3 is 2.81 bits per heavy atom. The Morgan fingerprint density at radius 2 is 2.19 bits per heavy atom. The van der Waals surface area contributed by atoms with Crippen LogP contribution in [0.1, 0.15) is 0 Å². The van der Waals surface area contributed by atoms with Gasteiger partial charge in [-0.2, -0.15) is 11.8 Å². The quantitative estimate of drug-likeness (QED) is 0.266. The Balaban J connectivity index is 0.00000225. The summed E-state index contributed by atoms with van der Waals surface area (Å²) in [6, 6.07) is 0. The summed E-state index contributed by atoms with van der Waals surface area (Å²) in [5.41, 5.74) is 5.88. The Labute approximate surface area is 123 Å². The average Bonchev–Trinajstić information content (AvgIpc) is 2.30. The molecule has 1 aliphatic rings. The molecular weight excluding hydrogens is 353 g/mol. The highest BCUT2D eigenvalue weighted by Crippen LogP contribution is 2.08. The number of terminal acetylenes is 1. The highest BCUT2D eigenvalue weighted by molar-refractivity contribution is 14.0. The summed E-state index contributed by atoms with van der Waals surface area (Å²) in [6.07, 6.45) is 5.15. The molecule has 0 unspecified atom stereocenters. The molecule has 16 heavy (non-hydrogen) atoms. The lowest BCUT2D eigenvalue weighted by Gasteiger charge is -2.27. The Bertz CT molecular complexity index is 247. The normalized spacial score (nSPS) is 16.4. The van der Waals surface area contributed by atoms with Gasteiger partial charge in [-0.05, 0) is 0 Å². The lowest BCUT2D eigenvalue weighted by atomic mass is 10.5. The molecule has 0 bridgehead atoms. The van der Waals surface area contributed by atoms with Crippen molar-refractivity contribution in [2.24, 2.45) is 10.7 Å². The fourth-order valence-corrected chi connectivity index (χ4v) is 2.63. The number of thioether (sulfide) groups is 2. The van der Waals surface area contributed by atoms with E-state index in [-0.39, 0.29) is 24.0 Å². The van der Waals surface area contributed by atoms with Gasteiger partial charge < -0.3 is 10.6 Å². The minimum absolute atomic E-state index is 0. The number of hydrogen-bond donors (Lipinski definition) is 1. The number of aliphatic imine (C=N–C) groups is 1. The maximum absolute atomic E-state index is 5.88. The largest absolute Gasteiger partial charge is 0.370 e. The van der Waals surface area contributed by atoms with Crippen molar-refractivity contribution in [3.8, 4) is 12.3 Å². The molecule has 6 heteroatoms. The third-order valence-electron chi connectivity index (χ3n) is 2.03. The van der Waals surface area contributed by atoms with E-state index in [9.17, 15) is 0 Å². The highest BCUT2D eigenvalue weighted by atomic mass is 127. The second-order valence-corrected chi connectivity index (χ2v) is 5.43. The molecule has 0 spiro atoms. The van der Waals surface area contributed by atoms with Gasteiger partial charge in [0, 0.05) is 30.3 Å². The Hall–Kier alpha value is 0.260. The van der Waals surface area contributed by atoms with E-state index in [0.29, 0.717) is 5.96 Å². The Kier molecular flexibility index (Phi) is 10.6. The van der Waals surface area contributed by atoms with Crippen molar-refractivity contribution in [1.82, 2.24) is 4.90 Å². The molecule has 1 saturated heterocycles. The van der Waals surface area contributed by atoms with E-state index in [4.69, 9.17) is 12.2 Å². The molecule has 0 aromatic rings. The van der Waals surface area contributed by atoms with Crippen molar-refractivity contribution < 1.29 is 0 Å². The third kappa shape index (κ3) is 6.76. The predicted octanol–water partition coefficient (Wildman–Crippen LogP) is 1.33. The van der Waals surface area contributed by atoms with Crippen molar-refractivity contribution in [1.29, 1.82) is 0 Å². The smallest absolute Gasteiger partial charge is 0.191 e. The minimum Gasteiger partial charge on any atom is -0.370 e. The van der Waals surface area contributed by atoms with Gasteiger partial charge >= 0.3 is 0 Å². The van der Waals surface area contributed by atoms with E-state index in [1.165, 1.54) is 0 Å². The first-order chi connectivity index (χ1) is 7.34. The summed E-state index contributed by atoms with van der Waals surface area (Å²) in [5.74, 6) is 7.30. The molecule has 0 aliphatic carbocycles. The number of nitrogens with zero attached hydrogens (tertiary/aromatic N) is 2. The van der Waals surface area contributed by atoms with Crippen molar-refractivity contribution in [3.05, 3.63) is 0 Å². The van der Waals surface area contributed by atoms with E-state index in [2.05, 4.69) is 15.8 Å². The zero-order valence-electron chi connectivity index (χ0n) is 9.22. The van der Waals surface area contributed by atoms with E-state index in [0.717, 1.165) is 42.6 Å². The third-order valence-corrected chi connectivity index (χ3v) is 3.81. The Morgan fingerprint density at radius 1 is 1.50 bits per heavy atom. The molecular formula is C10H18IN3S2. The predicted molar refractivity (Wildman–Crippen MR) is 87.0 cm³/mol. The van der Waals surface area contributed by atoms with Crippen LogP contribution >= 0.6 is 47.5 Å². The molecule has 1 fully saturated rings. The standard InChI is InChI=1S/C10H17N3S2.HI/c1-2-6-14-7-3-12-10(11)13-4-8-15-9-5-13;/h1H,3-9H2,(H2,11,12);1H. The van der Waals surface area contributed by atoms with Crippen LogP contribution in [0.25, 0.3) is 0 Å². The van der Waals surface area contributed by atoms with E-state index in [1.54, 1.807) is 11.8 Å². The molecule has 1 rings (SSSR count). The summed E-state index contributed by atoms with van der Waals surface area (Å²) < 4.78 is 0. The number of halogens is 1. The number of nitrogens with two attached hydrogens (primary N) is 1. The molecule has 0 radical (unpaired) electrons. The van der Waals surface area contributed by atoms with Crippen LogP contribution in [0.2, 0.25) is 0 Å². The maximum atomic E-state index is 5.88. The highest BCUT2D eigenvalue weighted by Gasteiger charge is 2.11. The number of rotatable bonds is 4. The zero-order valence-corrected chi connectivity index (χ0v) is 13.2. The van der Waals surface area contributed by atoms with Gasteiger partial charge in [0.2, 0.25) is 0 Å². The van der Waals surface area contributed by atoms with Gasteiger partial charge in [0.15, 0.2) is 5.96 Å². The van der Waals surface area contributed by atoms with Crippen LogP contribution in [0.5, 0.6) is 0 Å². The molecule has 1 heterocycles. The van der Waals surface area contributed by atoms with E-state index < -0.39 is 0 Å². The van der Waals surface area contributed by atoms with Crippen LogP contribution in [0.15, 0.2) is 4.99 Å². The molecule has 3 nitrogen and oxygen atoms in total. The van der Waals surface area contributed by atoms with Crippen LogP contribution in [0.4, 0.5) is 0 Å². The molecule has 0 saturated carbocycles. The average molecular weight is 371 g/mol. The summed E-state index contributed by atoms with van der Waals surface area (Å²) in [6.45, 7) is 2.82. The van der Waals surface area contributed by atoms with Crippen molar-refractivity contribution in [3.63, 3.8) is 0 Å². The number of hydrogen-bond acceptors (Lipinski definition) is 3. The van der Waals surface area contributed by atoms with Crippen molar-refractivity contribution in [2.45, 2.75) is 0 Å². The first-order valence-electron chi connectivity index (χ1n) is 4.98. The van der Waals surface area contributed by atoms with E-state index >= 15 is 0 Å². The molecule has 0 atom stereocenters. The van der Waals surface area contributed by atoms with Crippen LogP contribution in [0.3, 0.4) is 0 Å². The topological polar surface area (TPSA) is 41.6 Å². The summed E-state index contributed by atoms with van der Waals surface area (Å²) >= 11 is 3.69. The molecule has 92 valence electrons. The van der Waals surface area contributed by atoms with Crippen molar-refractivity contribution >= 4 is 53.5 Å². The molecule has 0 amide bonds. The molecule has 0 aromatic heterocycles. The molecule has 1 aliphatic heterocycles. The van der Waals surface area contributed by atoms with Crippen LogP contribution < -0.4 is 5.73 Å². The van der Waals surface area contributed by atoms with E-state index in [1.807, 2.05) is 11.8 Å². The first kappa shape index (κ1) is 16.3. The van der Waals surface area contributed by atoms with Crippen LogP contribution in [-0.2, 0) is 0 Å². The van der Waals surface area contributed by atoms with Gasteiger partial charge in [0.1, 0.15) is 0 Å². The monoisotopic (exact) mass is 371 g/mol. The fraction of sp³-hybridized carbons (Fsp3) is 0.700. The van der Waals surface area contributed by atoms with Gasteiger partial charge in [-0.15, -0.1) is 42.2 Å². The zero-order chi connectivity index (χ0) is 10.9.